The van der Waals surface area contributed by atoms with Crippen LogP contribution in [0.3, 0.4) is 0 Å². The van der Waals surface area contributed by atoms with Crippen LogP contribution in [0, 0.1) is 0 Å². The van der Waals surface area contributed by atoms with Crippen molar-refractivity contribution >= 4 is 0 Å². The second-order valence-electron chi connectivity index (χ2n) is 2.41. The molecule has 0 aliphatic carbocycles. The Morgan fingerprint density at radius 2 is 1.18 bits per heavy atom. The first-order valence-corrected chi connectivity index (χ1v) is 4.57. The van der Waals surface area contributed by atoms with Crippen molar-refractivity contribution in [2.75, 3.05) is 0 Å². The van der Waals surface area contributed by atoms with Gasteiger partial charge in [0.05, 0.1) is 0 Å². The van der Waals surface area contributed by atoms with Crippen LogP contribution in [0.25, 0.3) is 0 Å². The van der Waals surface area contributed by atoms with Gasteiger partial charge in [0.25, 0.3) is 0 Å². The molecule has 0 heterocycles. The second-order valence-corrected chi connectivity index (χ2v) is 2.41. The van der Waals surface area contributed by atoms with E-state index in [9.17, 15) is 0 Å². The Morgan fingerprint density at radius 1 is 0.818 bits per heavy atom. The maximum atomic E-state index is 2.21. The summed E-state index contributed by atoms with van der Waals surface area (Å²) in [5.41, 5.74) is 0. The van der Waals surface area contributed by atoms with Crippen molar-refractivity contribution in [3.05, 3.63) is 24.3 Å². The second kappa shape index (κ2) is 16.2. The highest BCUT2D eigenvalue weighted by Gasteiger charge is 1.68. The Balaban J connectivity index is 0. The number of hydrogen-bond donors (Lipinski definition) is 0. The minimum atomic E-state index is 1.34. The minimum absolute atomic E-state index is 1.34. The zero-order chi connectivity index (χ0) is 8.95. The van der Waals surface area contributed by atoms with E-state index in [2.05, 4.69) is 13.8 Å². The maximum absolute atomic E-state index is 2.21. The van der Waals surface area contributed by atoms with Crippen LogP contribution in [0.2, 0.25) is 0 Å². The van der Waals surface area contributed by atoms with Crippen LogP contribution in [-0.4, -0.2) is 0 Å². The summed E-state index contributed by atoms with van der Waals surface area (Å²) < 4.78 is 0. The first-order chi connectivity index (χ1) is 5.33. The Bertz CT molecular complexity index is 76.2. The van der Waals surface area contributed by atoms with Crippen LogP contribution < -0.4 is 0 Å². The van der Waals surface area contributed by atoms with Crippen LogP contribution in [0.5, 0.6) is 0 Å². The lowest BCUT2D eigenvalue weighted by molar-refractivity contribution is 0.772. The quantitative estimate of drug-likeness (QED) is 0.531. The van der Waals surface area contributed by atoms with E-state index in [1.165, 1.54) is 19.3 Å². The van der Waals surface area contributed by atoms with Gasteiger partial charge in [-0.15, -0.1) is 0 Å². The number of unbranched alkanes of at least 4 members (excludes halogenated alkanes) is 2. The molecule has 0 nitrogen and oxygen atoms in total. The van der Waals surface area contributed by atoms with Crippen LogP contribution in [0.4, 0.5) is 0 Å². The van der Waals surface area contributed by atoms with Gasteiger partial charge in [0, 0.05) is 0 Å². The molecular weight excluding hydrogens is 132 g/mol. The predicted octanol–water partition coefficient (Wildman–Crippen LogP) is 4.34. The summed E-state index contributed by atoms with van der Waals surface area (Å²) in [5, 5.41) is 0. The van der Waals surface area contributed by atoms with Crippen molar-refractivity contribution < 1.29 is 0 Å². The molecule has 0 aliphatic heterocycles. The molecule has 0 unspecified atom stereocenters. The zero-order valence-corrected chi connectivity index (χ0v) is 8.43. The van der Waals surface area contributed by atoms with Crippen molar-refractivity contribution in [2.24, 2.45) is 0 Å². The van der Waals surface area contributed by atoms with Crippen molar-refractivity contribution in [1.29, 1.82) is 0 Å². The van der Waals surface area contributed by atoms with Gasteiger partial charge in [0.1, 0.15) is 0 Å². The van der Waals surface area contributed by atoms with Gasteiger partial charge in [-0.25, -0.2) is 0 Å². The molecule has 0 aromatic rings. The van der Waals surface area contributed by atoms with Gasteiger partial charge in [0.2, 0.25) is 0 Å². The maximum Gasteiger partial charge on any atom is -0.0467 e. The summed E-state index contributed by atoms with van der Waals surface area (Å²) in [6.07, 6.45) is 12.1. The molecule has 0 aliphatic rings. The smallest absolute Gasteiger partial charge is 0.0467 e. The SMILES string of the molecule is C/C=C\C=C/C.CCCCC. The van der Waals surface area contributed by atoms with Gasteiger partial charge in [-0.3, -0.25) is 0 Å². The van der Waals surface area contributed by atoms with E-state index in [0.717, 1.165) is 0 Å². The van der Waals surface area contributed by atoms with E-state index >= 15 is 0 Å². The third-order valence-corrected chi connectivity index (χ3v) is 1.20. The van der Waals surface area contributed by atoms with Crippen molar-refractivity contribution in [2.45, 2.75) is 47.0 Å². The fourth-order valence-corrected chi connectivity index (χ4v) is 0.576. The fraction of sp³-hybridized carbons (Fsp3) is 0.636. The van der Waals surface area contributed by atoms with Gasteiger partial charge >= 0.3 is 0 Å². The molecule has 0 aromatic carbocycles. The summed E-state index contributed by atoms with van der Waals surface area (Å²) in [7, 11) is 0. The average molecular weight is 154 g/mol. The molecule has 0 aromatic heterocycles. The lowest BCUT2D eigenvalue weighted by Gasteiger charge is -1.79. The standard InChI is InChI=1S/C6H10.C5H12/c1-3-5-6-4-2;1-3-5-4-2/h3-6H,1-2H3;3-5H2,1-2H3/b5-3-,6-4-;. The van der Waals surface area contributed by atoms with Crippen molar-refractivity contribution in [1.82, 2.24) is 0 Å². The Hall–Kier alpha value is -0.520. The highest BCUT2D eigenvalue weighted by molar-refractivity contribution is 4.98. The molecular formula is C11H22. The lowest BCUT2D eigenvalue weighted by Crippen LogP contribution is -1.59. The summed E-state index contributed by atoms with van der Waals surface area (Å²) >= 11 is 0. The average Bonchev–Trinajstić information content (AvgIpc) is 2.04. The highest BCUT2D eigenvalue weighted by atomic mass is 13.7. The van der Waals surface area contributed by atoms with E-state index in [4.69, 9.17) is 0 Å². The topological polar surface area (TPSA) is 0 Å². The van der Waals surface area contributed by atoms with Crippen molar-refractivity contribution in [3.8, 4) is 0 Å². The first kappa shape index (κ1) is 13.1. The largest absolute Gasteiger partial charge is 0.0877 e. The minimum Gasteiger partial charge on any atom is -0.0877 e. The number of rotatable bonds is 3. The van der Waals surface area contributed by atoms with E-state index < -0.39 is 0 Å². The normalized spacial score (nSPS) is 10.2. The molecule has 0 fully saturated rings. The van der Waals surface area contributed by atoms with Crippen LogP contribution >= 0.6 is 0 Å². The third-order valence-electron chi connectivity index (χ3n) is 1.20. The molecule has 0 amide bonds. The summed E-state index contributed by atoms with van der Waals surface area (Å²) in [6.45, 7) is 8.42. The van der Waals surface area contributed by atoms with Gasteiger partial charge < -0.3 is 0 Å². The molecule has 0 rings (SSSR count). The molecule has 0 radical (unpaired) electrons. The Morgan fingerprint density at radius 3 is 1.27 bits per heavy atom. The van der Waals surface area contributed by atoms with Crippen LogP contribution in [-0.2, 0) is 0 Å². The first-order valence-electron chi connectivity index (χ1n) is 4.57. The van der Waals surface area contributed by atoms with E-state index in [1.54, 1.807) is 0 Å². The van der Waals surface area contributed by atoms with Crippen LogP contribution in [0.1, 0.15) is 47.0 Å². The lowest BCUT2D eigenvalue weighted by atomic mass is 10.3. The monoisotopic (exact) mass is 154 g/mol. The van der Waals surface area contributed by atoms with Gasteiger partial charge in [-0.2, -0.15) is 0 Å². The van der Waals surface area contributed by atoms with Crippen molar-refractivity contribution in [3.63, 3.8) is 0 Å². The van der Waals surface area contributed by atoms with Crippen LogP contribution in [0.15, 0.2) is 24.3 Å². The van der Waals surface area contributed by atoms with E-state index in [-0.39, 0.29) is 0 Å². The van der Waals surface area contributed by atoms with Gasteiger partial charge in [0.15, 0.2) is 0 Å². The third kappa shape index (κ3) is 26.4. The highest BCUT2D eigenvalue weighted by Crippen LogP contribution is 1.88. The summed E-state index contributed by atoms with van der Waals surface area (Å²) in [6, 6.07) is 0. The molecule has 0 saturated carbocycles. The molecule has 11 heavy (non-hydrogen) atoms. The van der Waals surface area contributed by atoms with Gasteiger partial charge in [-0.1, -0.05) is 57.4 Å². The van der Waals surface area contributed by atoms with Gasteiger partial charge in [-0.05, 0) is 13.8 Å². The predicted molar refractivity (Wildman–Crippen MR) is 54.8 cm³/mol. The molecule has 0 atom stereocenters. The molecule has 0 N–H and O–H groups in total. The molecule has 0 heteroatoms. The Labute approximate surface area is 72.0 Å². The molecule has 0 saturated heterocycles. The zero-order valence-electron chi connectivity index (χ0n) is 8.43. The molecule has 0 spiro atoms. The number of allylic oxidation sites excluding steroid dienone is 4. The number of hydrogen-bond acceptors (Lipinski definition) is 0. The summed E-state index contributed by atoms with van der Waals surface area (Å²) in [5.74, 6) is 0. The fourth-order valence-electron chi connectivity index (χ4n) is 0.576. The molecule has 0 bridgehead atoms. The molecule has 66 valence electrons. The van der Waals surface area contributed by atoms with E-state index in [1.807, 2.05) is 38.2 Å². The summed E-state index contributed by atoms with van der Waals surface area (Å²) in [4.78, 5) is 0. The van der Waals surface area contributed by atoms with E-state index in [0.29, 0.717) is 0 Å². The Kier molecular flexibility index (Phi) is 19.3.